The number of aliphatic hydroxyl groups is 1. The second-order valence-electron chi connectivity index (χ2n) is 6.15. The van der Waals surface area contributed by atoms with Crippen molar-refractivity contribution < 1.29 is 9.63 Å². The minimum absolute atomic E-state index is 0.132. The number of aryl methyl sites for hydroxylation is 1. The topological polar surface area (TPSA) is 62.4 Å². The summed E-state index contributed by atoms with van der Waals surface area (Å²) in [7, 11) is 0. The third-order valence-corrected chi connectivity index (χ3v) is 4.25. The molecule has 0 saturated carbocycles. The zero-order valence-corrected chi connectivity index (χ0v) is 13.2. The molecule has 0 saturated heterocycles. The molecule has 1 heterocycles. The first-order valence-electron chi connectivity index (χ1n) is 7.94. The number of aromatic nitrogens is 2. The molecule has 0 bridgehead atoms. The predicted octanol–water partition coefficient (Wildman–Crippen LogP) is 2.67. The van der Waals surface area contributed by atoms with Crippen molar-refractivity contribution in [3.8, 4) is 0 Å². The van der Waals surface area contributed by atoms with Gasteiger partial charge in [-0.2, -0.15) is 4.98 Å². The van der Waals surface area contributed by atoms with Gasteiger partial charge in [0.15, 0.2) is 5.82 Å². The van der Waals surface area contributed by atoms with Crippen molar-refractivity contribution in [1.82, 2.24) is 15.0 Å². The van der Waals surface area contributed by atoms with Crippen LogP contribution in [0, 0.1) is 0 Å². The number of benzene rings is 1. The Labute approximate surface area is 131 Å². The lowest BCUT2D eigenvalue weighted by Gasteiger charge is -2.27. The van der Waals surface area contributed by atoms with E-state index in [0.29, 0.717) is 30.8 Å². The van der Waals surface area contributed by atoms with Crippen LogP contribution in [0.3, 0.4) is 0 Å². The lowest BCUT2D eigenvalue weighted by Crippen LogP contribution is -2.30. The fraction of sp³-hybridized carbons (Fsp3) is 0.529. The predicted molar refractivity (Wildman–Crippen MR) is 83.4 cm³/mol. The molecule has 0 fully saturated rings. The standard InChI is InChI=1S/C17H23N3O2/c1-12(2)17-18-16(19-22-17)11-20(9-10-21)15-8-7-13-5-3-4-6-14(13)15/h3-6,12,15,21H,7-11H2,1-2H3. The molecule has 1 aliphatic rings. The molecule has 1 N–H and O–H groups in total. The number of nitrogens with zero attached hydrogens (tertiary/aromatic N) is 3. The molecule has 5 heteroatoms. The lowest BCUT2D eigenvalue weighted by molar-refractivity contribution is 0.138. The van der Waals surface area contributed by atoms with Crippen molar-refractivity contribution in [2.24, 2.45) is 0 Å². The Morgan fingerprint density at radius 3 is 2.91 bits per heavy atom. The molecule has 118 valence electrons. The van der Waals surface area contributed by atoms with Gasteiger partial charge >= 0.3 is 0 Å². The Kier molecular flexibility index (Phi) is 4.55. The van der Waals surface area contributed by atoms with Crippen molar-refractivity contribution in [3.63, 3.8) is 0 Å². The molecule has 1 atom stereocenters. The highest BCUT2D eigenvalue weighted by Crippen LogP contribution is 2.36. The van der Waals surface area contributed by atoms with Crippen LogP contribution in [-0.2, 0) is 13.0 Å². The van der Waals surface area contributed by atoms with Gasteiger partial charge < -0.3 is 9.63 Å². The molecule has 1 unspecified atom stereocenters. The van der Waals surface area contributed by atoms with E-state index in [0.717, 1.165) is 12.8 Å². The highest BCUT2D eigenvalue weighted by atomic mass is 16.5. The maximum Gasteiger partial charge on any atom is 0.229 e. The van der Waals surface area contributed by atoms with Gasteiger partial charge in [0.2, 0.25) is 5.89 Å². The summed E-state index contributed by atoms with van der Waals surface area (Å²) in [5.41, 5.74) is 2.77. The molecule has 5 nitrogen and oxygen atoms in total. The van der Waals surface area contributed by atoms with Gasteiger partial charge in [-0.3, -0.25) is 4.90 Å². The van der Waals surface area contributed by atoms with E-state index < -0.39 is 0 Å². The molecule has 0 radical (unpaired) electrons. The second kappa shape index (κ2) is 6.58. The number of fused-ring (bicyclic) bond motifs is 1. The summed E-state index contributed by atoms with van der Waals surface area (Å²) < 4.78 is 5.29. The Bertz CT molecular complexity index is 624. The summed E-state index contributed by atoms with van der Waals surface area (Å²) in [6, 6.07) is 8.88. The van der Waals surface area contributed by atoms with Gasteiger partial charge in [-0.05, 0) is 24.0 Å². The molecule has 3 rings (SSSR count). The van der Waals surface area contributed by atoms with Crippen LogP contribution in [0.2, 0.25) is 0 Å². The number of aliphatic hydroxyl groups excluding tert-OH is 1. The van der Waals surface area contributed by atoms with Crippen LogP contribution < -0.4 is 0 Å². The molecule has 0 aliphatic heterocycles. The Morgan fingerprint density at radius 2 is 2.18 bits per heavy atom. The van der Waals surface area contributed by atoms with Crippen LogP contribution >= 0.6 is 0 Å². The highest BCUT2D eigenvalue weighted by molar-refractivity contribution is 5.34. The van der Waals surface area contributed by atoms with E-state index in [1.165, 1.54) is 11.1 Å². The van der Waals surface area contributed by atoms with Gasteiger partial charge in [-0.25, -0.2) is 0 Å². The molecule has 2 aromatic rings. The quantitative estimate of drug-likeness (QED) is 0.889. The highest BCUT2D eigenvalue weighted by Gasteiger charge is 2.28. The van der Waals surface area contributed by atoms with Crippen molar-refractivity contribution in [2.45, 2.75) is 45.2 Å². The molecule has 1 aromatic carbocycles. The van der Waals surface area contributed by atoms with E-state index in [1.807, 2.05) is 13.8 Å². The van der Waals surface area contributed by atoms with Crippen molar-refractivity contribution in [3.05, 3.63) is 47.1 Å². The monoisotopic (exact) mass is 301 g/mol. The summed E-state index contributed by atoms with van der Waals surface area (Å²) in [6.07, 6.45) is 2.17. The number of hydrogen-bond acceptors (Lipinski definition) is 5. The van der Waals surface area contributed by atoms with E-state index in [9.17, 15) is 5.11 Å². The van der Waals surface area contributed by atoms with Gasteiger partial charge in [0.1, 0.15) is 0 Å². The van der Waals surface area contributed by atoms with Crippen molar-refractivity contribution in [1.29, 1.82) is 0 Å². The number of rotatable bonds is 6. The molecular weight excluding hydrogens is 278 g/mol. The van der Waals surface area contributed by atoms with Crippen molar-refractivity contribution in [2.75, 3.05) is 13.2 Å². The zero-order valence-electron chi connectivity index (χ0n) is 13.2. The van der Waals surface area contributed by atoms with E-state index in [1.54, 1.807) is 0 Å². The summed E-state index contributed by atoms with van der Waals surface area (Å²) in [5.74, 6) is 1.60. The van der Waals surface area contributed by atoms with Crippen LogP contribution in [0.1, 0.15) is 55.1 Å². The minimum Gasteiger partial charge on any atom is -0.395 e. The van der Waals surface area contributed by atoms with Gasteiger partial charge in [-0.1, -0.05) is 43.3 Å². The average molecular weight is 301 g/mol. The van der Waals surface area contributed by atoms with E-state index >= 15 is 0 Å². The molecule has 22 heavy (non-hydrogen) atoms. The van der Waals surface area contributed by atoms with Gasteiger partial charge in [0.05, 0.1) is 13.2 Å². The smallest absolute Gasteiger partial charge is 0.229 e. The van der Waals surface area contributed by atoms with Crippen LogP contribution in [-0.4, -0.2) is 33.3 Å². The number of hydrogen-bond donors (Lipinski definition) is 1. The maximum absolute atomic E-state index is 9.41. The van der Waals surface area contributed by atoms with E-state index in [-0.39, 0.29) is 12.5 Å². The van der Waals surface area contributed by atoms with E-state index in [4.69, 9.17) is 4.52 Å². The molecule has 1 aromatic heterocycles. The Balaban J connectivity index is 1.78. The zero-order chi connectivity index (χ0) is 15.5. The molecular formula is C17H23N3O2. The van der Waals surface area contributed by atoms with Crippen LogP contribution in [0.15, 0.2) is 28.8 Å². The van der Waals surface area contributed by atoms with Crippen LogP contribution in [0.4, 0.5) is 0 Å². The second-order valence-corrected chi connectivity index (χ2v) is 6.15. The third-order valence-electron chi connectivity index (χ3n) is 4.25. The summed E-state index contributed by atoms with van der Waals surface area (Å²) in [5, 5.41) is 13.5. The third kappa shape index (κ3) is 3.05. The Morgan fingerprint density at radius 1 is 1.36 bits per heavy atom. The van der Waals surface area contributed by atoms with Crippen LogP contribution in [0.5, 0.6) is 0 Å². The fourth-order valence-electron chi connectivity index (χ4n) is 3.14. The average Bonchev–Trinajstić information content (AvgIpc) is 3.13. The lowest BCUT2D eigenvalue weighted by atomic mass is 10.1. The van der Waals surface area contributed by atoms with E-state index in [2.05, 4.69) is 39.3 Å². The first-order valence-corrected chi connectivity index (χ1v) is 7.94. The van der Waals surface area contributed by atoms with Crippen LogP contribution in [0.25, 0.3) is 0 Å². The van der Waals surface area contributed by atoms with Gasteiger partial charge in [0.25, 0.3) is 0 Å². The van der Waals surface area contributed by atoms with Gasteiger partial charge in [0, 0.05) is 18.5 Å². The molecule has 1 aliphatic carbocycles. The largest absolute Gasteiger partial charge is 0.395 e. The minimum atomic E-state index is 0.132. The SMILES string of the molecule is CC(C)c1nc(CN(CCO)C2CCc3ccccc32)no1. The Hall–Kier alpha value is -1.72. The first kappa shape index (κ1) is 15.2. The summed E-state index contributed by atoms with van der Waals surface area (Å²) in [4.78, 5) is 6.71. The molecule has 0 amide bonds. The maximum atomic E-state index is 9.41. The van der Waals surface area contributed by atoms with Gasteiger partial charge in [-0.15, -0.1) is 0 Å². The normalized spacial score (nSPS) is 17.4. The summed E-state index contributed by atoms with van der Waals surface area (Å²) >= 11 is 0. The fourth-order valence-corrected chi connectivity index (χ4v) is 3.14. The van der Waals surface area contributed by atoms with Crippen molar-refractivity contribution >= 4 is 0 Å². The summed E-state index contributed by atoms with van der Waals surface area (Å²) in [6.45, 7) is 5.43. The first-order chi connectivity index (χ1) is 10.7. The molecule has 0 spiro atoms.